The Hall–Kier alpha value is -5.41. The number of halogens is 2. The predicted molar refractivity (Wildman–Crippen MR) is 163 cm³/mol. The third-order valence-electron chi connectivity index (χ3n) is 8.49. The van der Waals surface area contributed by atoms with E-state index in [0.717, 1.165) is 16.7 Å². The highest BCUT2D eigenvalue weighted by Crippen LogP contribution is 2.31. The third kappa shape index (κ3) is 5.63. The summed E-state index contributed by atoms with van der Waals surface area (Å²) in [5, 5.41) is 15.9. The summed E-state index contributed by atoms with van der Waals surface area (Å²) in [7, 11) is 0. The number of carbonyl (C=O) groups excluding carboxylic acids is 1. The number of hydrogen-bond donors (Lipinski definition) is 0. The summed E-state index contributed by atoms with van der Waals surface area (Å²) < 4.78 is 39.7. The average Bonchev–Trinajstić information content (AvgIpc) is 3.85. The number of aromatic nitrogens is 8. The number of benzene rings is 2. The van der Waals surface area contributed by atoms with Gasteiger partial charge in [-0.3, -0.25) is 19.4 Å². The van der Waals surface area contributed by atoms with Gasteiger partial charge in [0.2, 0.25) is 5.89 Å². The van der Waals surface area contributed by atoms with Crippen LogP contribution in [0.1, 0.15) is 40.5 Å². The molecule has 2 fully saturated rings. The van der Waals surface area contributed by atoms with Crippen molar-refractivity contribution in [2.24, 2.45) is 0 Å². The molecule has 6 aromatic rings. The standard InChI is InChI=1S/C32H28F2N10O3/c33-32(34)44-39-29(38-40-44)28(20-4-2-1-3-5-20)41-10-12-42(13-11-41)31(45)26-15-22(8-9-35-26)30-37-25-14-21(6-7-27(25)47-30)23-16-36-43(17-23)24-18-46-19-24/h1-9,14-17,24,28,32H,10-13,18-19H2. The van der Waals surface area contributed by atoms with Gasteiger partial charge in [0.25, 0.3) is 5.91 Å². The molecule has 0 aliphatic carbocycles. The first-order valence-electron chi connectivity index (χ1n) is 15.2. The summed E-state index contributed by atoms with van der Waals surface area (Å²) in [6, 6.07) is 18.4. The molecular formula is C32H28F2N10O3. The molecule has 238 valence electrons. The first-order chi connectivity index (χ1) is 23.0. The van der Waals surface area contributed by atoms with Gasteiger partial charge >= 0.3 is 6.55 Å². The Balaban J connectivity index is 0.975. The second-order valence-electron chi connectivity index (χ2n) is 11.4. The molecule has 8 rings (SSSR count). The van der Waals surface area contributed by atoms with E-state index >= 15 is 0 Å². The average molecular weight is 639 g/mol. The van der Waals surface area contributed by atoms with Crippen LogP contribution >= 0.6 is 0 Å². The van der Waals surface area contributed by atoms with Crippen LogP contribution in [0.4, 0.5) is 8.78 Å². The van der Waals surface area contributed by atoms with Crippen LogP contribution < -0.4 is 0 Å². The summed E-state index contributed by atoms with van der Waals surface area (Å²) in [6.45, 7) is 0.176. The Morgan fingerprint density at radius 1 is 0.936 bits per heavy atom. The lowest BCUT2D eigenvalue weighted by molar-refractivity contribution is -0.0286. The molecule has 2 aliphatic rings. The molecule has 2 aromatic carbocycles. The number of hydrogen-bond acceptors (Lipinski definition) is 10. The van der Waals surface area contributed by atoms with Gasteiger partial charge in [0.05, 0.1) is 31.5 Å². The predicted octanol–water partition coefficient (Wildman–Crippen LogP) is 4.25. The quantitative estimate of drug-likeness (QED) is 0.238. The number of pyridine rings is 1. The zero-order valence-corrected chi connectivity index (χ0v) is 24.9. The lowest BCUT2D eigenvalue weighted by atomic mass is 10.0. The molecule has 15 heteroatoms. The maximum Gasteiger partial charge on any atom is 0.350 e. The molecule has 0 saturated carbocycles. The fourth-order valence-electron chi connectivity index (χ4n) is 5.91. The molecule has 1 amide bonds. The van der Waals surface area contributed by atoms with Gasteiger partial charge in [-0.15, -0.1) is 10.2 Å². The van der Waals surface area contributed by atoms with E-state index in [1.807, 2.05) is 65.6 Å². The molecule has 2 aliphatic heterocycles. The summed E-state index contributed by atoms with van der Waals surface area (Å²) in [5.74, 6) is 0.336. The zero-order valence-electron chi connectivity index (χ0n) is 24.9. The highest BCUT2D eigenvalue weighted by molar-refractivity contribution is 5.93. The van der Waals surface area contributed by atoms with Crippen LogP contribution in [-0.2, 0) is 4.74 Å². The number of piperazine rings is 1. The highest BCUT2D eigenvalue weighted by Gasteiger charge is 2.32. The van der Waals surface area contributed by atoms with Crippen LogP contribution in [0, 0.1) is 0 Å². The van der Waals surface area contributed by atoms with Crippen LogP contribution in [0.25, 0.3) is 33.7 Å². The molecule has 0 spiro atoms. The van der Waals surface area contributed by atoms with Gasteiger partial charge in [0.15, 0.2) is 11.4 Å². The van der Waals surface area contributed by atoms with Gasteiger partial charge in [-0.1, -0.05) is 41.2 Å². The molecule has 1 unspecified atom stereocenters. The summed E-state index contributed by atoms with van der Waals surface area (Å²) in [4.78, 5) is 26.7. The maximum absolute atomic E-state index is 13.6. The second-order valence-corrected chi connectivity index (χ2v) is 11.4. The fourth-order valence-corrected chi connectivity index (χ4v) is 5.91. The minimum atomic E-state index is -2.89. The minimum absolute atomic E-state index is 0.176. The van der Waals surface area contributed by atoms with Gasteiger partial charge in [-0.25, -0.2) is 4.98 Å². The number of amides is 1. The fraction of sp³-hybridized carbons (Fsp3) is 0.281. The number of carbonyl (C=O) groups is 1. The Kier molecular flexibility index (Phi) is 7.46. The van der Waals surface area contributed by atoms with Gasteiger partial charge in [-0.2, -0.15) is 13.9 Å². The van der Waals surface area contributed by atoms with E-state index in [4.69, 9.17) is 14.1 Å². The number of nitrogens with zero attached hydrogens (tertiary/aromatic N) is 10. The number of tetrazole rings is 1. The molecule has 6 heterocycles. The van der Waals surface area contributed by atoms with E-state index in [0.29, 0.717) is 66.7 Å². The highest BCUT2D eigenvalue weighted by atomic mass is 19.3. The number of oxazole rings is 1. The molecule has 1 atom stereocenters. The van der Waals surface area contributed by atoms with Crippen LogP contribution in [-0.4, -0.2) is 95.1 Å². The van der Waals surface area contributed by atoms with Gasteiger partial charge < -0.3 is 14.1 Å². The molecule has 0 radical (unpaired) electrons. The second kappa shape index (κ2) is 12.1. The molecular weight excluding hydrogens is 610 g/mol. The Morgan fingerprint density at radius 3 is 2.51 bits per heavy atom. The first-order valence-corrected chi connectivity index (χ1v) is 15.2. The number of fused-ring (bicyclic) bond motifs is 1. The van der Waals surface area contributed by atoms with Gasteiger partial charge in [-0.05, 0) is 40.6 Å². The van der Waals surface area contributed by atoms with E-state index in [2.05, 4.69) is 30.4 Å². The Labute approximate surface area is 266 Å². The van der Waals surface area contributed by atoms with Crippen molar-refractivity contribution in [3.63, 3.8) is 0 Å². The number of alkyl halides is 2. The van der Waals surface area contributed by atoms with Crippen molar-refractivity contribution in [1.29, 1.82) is 0 Å². The number of rotatable bonds is 8. The van der Waals surface area contributed by atoms with E-state index in [-0.39, 0.29) is 23.5 Å². The van der Waals surface area contributed by atoms with E-state index in [1.54, 1.807) is 23.2 Å². The van der Waals surface area contributed by atoms with Crippen LogP contribution in [0.15, 0.2) is 83.7 Å². The summed E-state index contributed by atoms with van der Waals surface area (Å²) in [5.41, 5.74) is 5.01. The smallest absolute Gasteiger partial charge is 0.350 e. The van der Waals surface area contributed by atoms with E-state index in [9.17, 15) is 13.6 Å². The lowest BCUT2D eigenvalue weighted by Gasteiger charge is -2.38. The maximum atomic E-state index is 13.6. The van der Waals surface area contributed by atoms with Gasteiger partial charge in [0.1, 0.15) is 11.2 Å². The Bertz CT molecular complexity index is 2030. The molecule has 0 N–H and O–H groups in total. The van der Waals surface area contributed by atoms with Crippen LogP contribution in [0.5, 0.6) is 0 Å². The van der Waals surface area contributed by atoms with Crippen molar-refractivity contribution in [3.05, 3.63) is 96.3 Å². The van der Waals surface area contributed by atoms with Crippen molar-refractivity contribution in [3.8, 4) is 22.6 Å². The molecule has 13 nitrogen and oxygen atoms in total. The monoisotopic (exact) mass is 638 g/mol. The van der Waals surface area contributed by atoms with Crippen molar-refractivity contribution in [2.75, 3.05) is 39.4 Å². The number of ether oxygens (including phenoxy) is 1. The largest absolute Gasteiger partial charge is 0.436 e. The van der Waals surface area contributed by atoms with E-state index < -0.39 is 12.6 Å². The van der Waals surface area contributed by atoms with Crippen molar-refractivity contribution < 1.29 is 22.7 Å². The Morgan fingerprint density at radius 2 is 1.77 bits per heavy atom. The SMILES string of the molecule is O=C(c1cc(-c2nc3cc(-c4cnn(C5COC5)c4)ccc3o2)ccn1)N1CCN(C(c2ccccc2)c2nnn(C(F)F)n2)CC1. The van der Waals surface area contributed by atoms with Crippen molar-refractivity contribution >= 4 is 17.0 Å². The van der Waals surface area contributed by atoms with Crippen LogP contribution in [0.2, 0.25) is 0 Å². The lowest BCUT2D eigenvalue weighted by Crippen LogP contribution is -2.50. The summed E-state index contributed by atoms with van der Waals surface area (Å²) >= 11 is 0. The summed E-state index contributed by atoms with van der Waals surface area (Å²) in [6.07, 6.45) is 5.41. The van der Waals surface area contributed by atoms with E-state index in [1.165, 1.54) is 0 Å². The minimum Gasteiger partial charge on any atom is -0.436 e. The third-order valence-corrected chi connectivity index (χ3v) is 8.49. The zero-order chi connectivity index (χ0) is 31.9. The van der Waals surface area contributed by atoms with Crippen molar-refractivity contribution in [1.82, 2.24) is 49.8 Å². The molecule has 47 heavy (non-hydrogen) atoms. The normalized spacial score (nSPS) is 16.5. The molecule has 0 bridgehead atoms. The molecule has 4 aromatic heterocycles. The molecule has 2 saturated heterocycles. The van der Waals surface area contributed by atoms with Crippen molar-refractivity contribution in [2.45, 2.75) is 18.6 Å². The first kappa shape index (κ1) is 29.0. The topological polar surface area (TPSA) is 133 Å². The van der Waals surface area contributed by atoms with Gasteiger partial charge in [0, 0.05) is 49.7 Å². The van der Waals surface area contributed by atoms with Crippen LogP contribution in [0.3, 0.4) is 0 Å².